The number of anilines is 11. The molecule has 7 aromatic rings. The molecule has 0 aromatic heterocycles. The maximum absolute atomic E-state index is 6.47. The summed E-state index contributed by atoms with van der Waals surface area (Å²) in [5, 5.41) is 0. The second-order valence-electron chi connectivity index (χ2n) is 32.2. The smallest absolute Gasteiger partial charge is 0.0390 e. The fraction of sp³-hybridized carbons (Fsp3) is 0.481. The molecule has 0 amide bonds. The lowest BCUT2D eigenvalue weighted by atomic mass is 9.74. The molecular formula is C81H131N11. The standard InChI is InChI=1S/C18H31N.C16H27N.C15H25N.C9H14N2.2C8H12N2.C7H10N2/c1-16(2,3)12-10-13(17(4,5)6)15(19)14(11-12)18(7,8)9;1-10(2)13-8-12(16(5,6)7)9-14(11(3)4)15(13)17;1-10-8-11(14(2,3)4)9-12(13(10)16)15(5,6)7;1-6(2)8-5-7(10)3-4-9(8)11;1-5-3-7(9)4-6(2)8(5)10;1-2-6-5-7(9)3-4-8(6)10;1-5-4-6(8)2-3-7(5)9/h10-11H,19H2,1-9H3;8-11H,17H2,1-7H3;8-9H,16H2,1-7H3;3-6H,10-11H2,1-2H3;3-4H,9-10H2,1-2H3;3-5H,2,9-10H2,1H3;2-4H,8-9H2,1H3. The lowest BCUT2D eigenvalue weighted by Gasteiger charge is -2.32. The molecule has 7 aromatic carbocycles. The number of rotatable bonds is 4. The first-order chi connectivity index (χ1) is 41.6. The van der Waals surface area contributed by atoms with Crippen LogP contribution in [0.5, 0.6) is 0 Å². The Morgan fingerprint density at radius 2 is 0.576 bits per heavy atom. The Morgan fingerprint density at radius 3 is 0.891 bits per heavy atom. The van der Waals surface area contributed by atoms with Crippen molar-refractivity contribution in [3.8, 4) is 0 Å². The molecule has 22 N–H and O–H groups in total. The van der Waals surface area contributed by atoms with Gasteiger partial charge in [0.1, 0.15) is 0 Å². The summed E-state index contributed by atoms with van der Waals surface area (Å²) >= 11 is 0. The number of benzene rings is 7. The fourth-order valence-electron chi connectivity index (χ4n) is 10.00. The zero-order valence-corrected chi connectivity index (χ0v) is 63.1. The number of aryl methyl sites for hydroxylation is 5. The van der Waals surface area contributed by atoms with E-state index in [1.54, 1.807) is 6.07 Å². The summed E-state index contributed by atoms with van der Waals surface area (Å²) in [6, 6.07) is 34.0. The minimum atomic E-state index is 0.0747. The molecule has 0 saturated carbocycles. The van der Waals surface area contributed by atoms with Crippen LogP contribution >= 0.6 is 0 Å². The molecule has 0 unspecified atom stereocenters. The third-order valence-electron chi connectivity index (χ3n) is 16.3. The Kier molecular flexibility index (Phi) is 29.8. The predicted octanol–water partition coefficient (Wildman–Crippen LogP) is 20.2. The molecule has 510 valence electrons. The van der Waals surface area contributed by atoms with Gasteiger partial charge in [0.25, 0.3) is 0 Å². The number of hydrogen-bond donors (Lipinski definition) is 11. The van der Waals surface area contributed by atoms with E-state index in [0.29, 0.717) is 17.8 Å². The van der Waals surface area contributed by atoms with Crippen LogP contribution in [-0.4, -0.2) is 0 Å². The van der Waals surface area contributed by atoms with E-state index in [1.165, 1.54) is 50.1 Å². The highest BCUT2D eigenvalue weighted by Gasteiger charge is 2.28. The second kappa shape index (κ2) is 33.3. The molecule has 7 rings (SSSR count). The summed E-state index contributed by atoms with van der Waals surface area (Å²) in [6.45, 7) is 63.4. The van der Waals surface area contributed by atoms with Crippen LogP contribution in [0.25, 0.3) is 0 Å². The van der Waals surface area contributed by atoms with Crippen LogP contribution in [-0.2, 0) is 38.9 Å². The minimum absolute atomic E-state index is 0.0747. The molecule has 0 fully saturated rings. The van der Waals surface area contributed by atoms with Crippen LogP contribution in [0.3, 0.4) is 0 Å². The molecule has 0 bridgehead atoms. The van der Waals surface area contributed by atoms with Crippen molar-refractivity contribution in [2.75, 3.05) is 63.1 Å². The van der Waals surface area contributed by atoms with Gasteiger partial charge in [-0.1, -0.05) is 209 Å². The Labute approximate surface area is 561 Å². The highest BCUT2D eigenvalue weighted by Crippen LogP contribution is 2.41. The average molecular weight is 1260 g/mol. The van der Waals surface area contributed by atoms with Gasteiger partial charge in [0.2, 0.25) is 0 Å². The Hall–Kier alpha value is -7.66. The molecule has 0 saturated heterocycles. The maximum atomic E-state index is 6.47. The third-order valence-corrected chi connectivity index (χ3v) is 16.3. The van der Waals surface area contributed by atoms with Gasteiger partial charge in [-0.25, -0.2) is 0 Å². The summed E-state index contributed by atoms with van der Waals surface area (Å²) in [4.78, 5) is 0. The lowest BCUT2D eigenvalue weighted by molar-refractivity contribution is 0.551. The van der Waals surface area contributed by atoms with Crippen molar-refractivity contribution >= 4 is 62.6 Å². The van der Waals surface area contributed by atoms with E-state index in [9.17, 15) is 0 Å². The quantitative estimate of drug-likeness (QED) is 0.0737. The molecule has 0 aliphatic carbocycles. The lowest BCUT2D eigenvalue weighted by Crippen LogP contribution is -2.23. The molecule has 0 aliphatic heterocycles. The van der Waals surface area contributed by atoms with Crippen LogP contribution in [0.4, 0.5) is 62.6 Å². The van der Waals surface area contributed by atoms with E-state index in [1.807, 2.05) is 81.4 Å². The first kappa shape index (κ1) is 82.4. The molecular weight excluding hydrogens is 1130 g/mol. The summed E-state index contributed by atoms with van der Waals surface area (Å²) in [5.74, 6) is 1.41. The Bertz CT molecular complexity index is 3400. The number of hydrogen-bond acceptors (Lipinski definition) is 11. The first-order valence-corrected chi connectivity index (χ1v) is 32.9. The van der Waals surface area contributed by atoms with Gasteiger partial charge in [0.05, 0.1) is 0 Å². The van der Waals surface area contributed by atoms with Gasteiger partial charge in [-0.05, 0) is 229 Å². The average Bonchev–Trinajstić information content (AvgIpc) is 0.799. The van der Waals surface area contributed by atoms with Gasteiger partial charge in [0, 0.05) is 62.6 Å². The van der Waals surface area contributed by atoms with Crippen molar-refractivity contribution in [3.63, 3.8) is 0 Å². The van der Waals surface area contributed by atoms with E-state index in [2.05, 4.69) is 216 Å². The first-order valence-electron chi connectivity index (χ1n) is 32.9. The monoisotopic (exact) mass is 1260 g/mol. The number of nitrogens with two attached hydrogens (primary N) is 11. The topological polar surface area (TPSA) is 286 Å². The van der Waals surface area contributed by atoms with E-state index < -0.39 is 0 Å². The summed E-state index contributed by atoms with van der Waals surface area (Å²) < 4.78 is 0. The van der Waals surface area contributed by atoms with E-state index >= 15 is 0 Å². The number of nitrogen functional groups attached to an aromatic ring is 11. The third kappa shape index (κ3) is 25.8. The van der Waals surface area contributed by atoms with E-state index in [-0.39, 0.29) is 32.5 Å². The van der Waals surface area contributed by atoms with Gasteiger partial charge < -0.3 is 63.1 Å². The normalized spacial score (nSPS) is 11.7. The fourth-order valence-corrected chi connectivity index (χ4v) is 10.00. The van der Waals surface area contributed by atoms with E-state index in [0.717, 1.165) is 96.8 Å². The Balaban J connectivity index is 0.000000545. The van der Waals surface area contributed by atoms with Gasteiger partial charge in [0.15, 0.2) is 0 Å². The van der Waals surface area contributed by atoms with Crippen molar-refractivity contribution < 1.29 is 0 Å². The SMILES string of the molecule is CC(C)(C)c1cc(C(C)(C)C)c(N)c(C(C)(C)C)c1.CC(C)c1cc(C(C)(C)C)cc(C(C)C)c1N.CC(C)c1cc(N)ccc1N.CCc1cc(N)ccc1N.Cc1cc(C(C)(C)C)cc(C(C)(C)C)c1N.Cc1cc(N)cc(C)c1N.Cc1cc(N)ccc1N. The Morgan fingerprint density at radius 1 is 0.272 bits per heavy atom. The molecule has 11 nitrogen and oxygen atoms in total. The summed E-state index contributed by atoms with van der Waals surface area (Å²) in [5.41, 5.74) is 90.9. The zero-order valence-electron chi connectivity index (χ0n) is 63.1. The van der Waals surface area contributed by atoms with Crippen molar-refractivity contribution in [1.29, 1.82) is 0 Å². The zero-order chi connectivity index (χ0) is 71.9. The molecule has 0 aliphatic rings. The summed E-state index contributed by atoms with van der Waals surface area (Å²) in [7, 11) is 0. The highest BCUT2D eigenvalue weighted by atomic mass is 14.6. The largest absolute Gasteiger partial charge is 0.399 e. The van der Waals surface area contributed by atoms with Gasteiger partial charge in [-0.2, -0.15) is 0 Å². The van der Waals surface area contributed by atoms with Crippen LogP contribution in [0.1, 0.15) is 269 Å². The van der Waals surface area contributed by atoms with Gasteiger partial charge in [-0.15, -0.1) is 0 Å². The van der Waals surface area contributed by atoms with Crippen LogP contribution in [0, 0.1) is 27.7 Å². The highest BCUT2D eigenvalue weighted by molar-refractivity contribution is 5.64. The maximum Gasteiger partial charge on any atom is 0.0390 e. The van der Waals surface area contributed by atoms with Crippen LogP contribution in [0.15, 0.2) is 103 Å². The molecule has 0 atom stereocenters. The van der Waals surface area contributed by atoms with Crippen LogP contribution in [0.2, 0.25) is 0 Å². The predicted molar refractivity (Wildman–Crippen MR) is 416 cm³/mol. The summed E-state index contributed by atoms with van der Waals surface area (Å²) in [6.07, 6.45) is 0.941. The van der Waals surface area contributed by atoms with E-state index in [4.69, 9.17) is 63.1 Å². The van der Waals surface area contributed by atoms with Crippen molar-refractivity contribution in [1.82, 2.24) is 0 Å². The molecule has 0 heterocycles. The second-order valence-corrected chi connectivity index (χ2v) is 32.2. The van der Waals surface area contributed by atoms with Crippen molar-refractivity contribution in [2.45, 2.75) is 257 Å². The molecule has 0 radical (unpaired) electrons. The van der Waals surface area contributed by atoms with Crippen molar-refractivity contribution in [3.05, 3.63) is 181 Å². The van der Waals surface area contributed by atoms with Gasteiger partial charge in [-0.3, -0.25) is 0 Å². The molecule has 92 heavy (non-hydrogen) atoms. The van der Waals surface area contributed by atoms with Crippen LogP contribution < -0.4 is 63.1 Å². The minimum Gasteiger partial charge on any atom is -0.399 e. The molecule has 0 spiro atoms. The van der Waals surface area contributed by atoms with Crippen molar-refractivity contribution in [2.24, 2.45) is 0 Å². The molecule has 11 heteroatoms. The van der Waals surface area contributed by atoms with Gasteiger partial charge >= 0.3 is 0 Å².